The van der Waals surface area contributed by atoms with Crippen LogP contribution in [0.2, 0.25) is 0 Å². The number of rotatable bonds is 2. The van der Waals surface area contributed by atoms with Gasteiger partial charge in [0.05, 0.1) is 5.56 Å². The highest BCUT2D eigenvalue weighted by Crippen LogP contribution is 2.34. The number of hydrogen-bond donors (Lipinski definition) is 1. The summed E-state index contributed by atoms with van der Waals surface area (Å²) >= 11 is 3.24. The van der Waals surface area contributed by atoms with Crippen LogP contribution in [-0.2, 0) is 6.18 Å². The minimum atomic E-state index is -4.29. The molecule has 0 radical (unpaired) electrons. The van der Waals surface area contributed by atoms with Crippen molar-refractivity contribution in [2.24, 2.45) is 0 Å². The minimum absolute atomic E-state index is 0.364. The van der Waals surface area contributed by atoms with Gasteiger partial charge in [0.15, 0.2) is 0 Å². The first-order valence-corrected chi connectivity index (χ1v) is 7.89. The monoisotopic (exact) mass is 349 g/mol. The largest absolute Gasteiger partial charge is 0.416 e. The van der Waals surface area contributed by atoms with E-state index in [2.05, 4.69) is 21.2 Å². The van der Waals surface area contributed by atoms with Gasteiger partial charge in [0.25, 0.3) is 0 Å². The zero-order valence-corrected chi connectivity index (χ0v) is 12.9. The van der Waals surface area contributed by atoms with Crippen molar-refractivity contribution < 1.29 is 13.2 Å². The van der Waals surface area contributed by atoms with Gasteiger partial charge in [-0.1, -0.05) is 32.1 Å². The Bertz CT molecular complexity index is 437. The Morgan fingerprint density at radius 1 is 1.00 bits per heavy atom. The zero-order valence-electron chi connectivity index (χ0n) is 11.3. The normalized spacial score (nSPS) is 18.4. The summed E-state index contributed by atoms with van der Waals surface area (Å²) in [6, 6.07) is 4.16. The third-order valence-electron chi connectivity index (χ3n) is 3.76. The number of anilines is 1. The molecule has 0 atom stereocenters. The molecule has 0 aromatic heterocycles. The molecule has 0 spiro atoms. The summed E-state index contributed by atoms with van der Waals surface area (Å²) in [6.07, 6.45) is 4.09. The molecular weight excluding hydrogens is 331 g/mol. The third kappa shape index (κ3) is 4.40. The molecule has 2 rings (SSSR count). The van der Waals surface area contributed by atoms with E-state index in [1.165, 1.54) is 38.2 Å². The molecule has 0 bridgehead atoms. The van der Waals surface area contributed by atoms with Gasteiger partial charge in [-0.2, -0.15) is 13.2 Å². The fourth-order valence-corrected chi connectivity index (χ4v) is 3.12. The van der Waals surface area contributed by atoms with E-state index in [0.717, 1.165) is 30.7 Å². The molecular formula is C15H19BrF3N. The van der Waals surface area contributed by atoms with Crippen molar-refractivity contribution in [3.05, 3.63) is 28.2 Å². The molecule has 0 aliphatic heterocycles. The van der Waals surface area contributed by atoms with E-state index in [1.807, 2.05) is 0 Å². The van der Waals surface area contributed by atoms with E-state index in [4.69, 9.17) is 0 Å². The van der Waals surface area contributed by atoms with Crippen molar-refractivity contribution in [1.29, 1.82) is 0 Å². The highest BCUT2D eigenvalue weighted by atomic mass is 79.9. The van der Waals surface area contributed by atoms with Crippen LogP contribution in [-0.4, -0.2) is 6.04 Å². The van der Waals surface area contributed by atoms with E-state index < -0.39 is 11.7 Å². The summed E-state index contributed by atoms with van der Waals surface area (Å²) in [5, 5.41) is 3.38. The quantitative estimate of drug-likeness (QED) is 0.691. The number of benzene rings is 1. The summed E-state index contributed by atoms with van der Waals surface area (Å²) in [5.41, 5.74) is 0.135. The van der Waals surface area contributed by atoms with Gasteiger partial charge in [-0.05, 0) is 47.0 Å². The average Bonchev–Trinajstić information content (AvgIpc) is 2.33. The predicted octanol–water partition coefficient (Wildman–Crippen LogP) is 5.99. The molecule has 1 aliphatic rings. The summed E-state index contributed by atoms with van der Waals surface area (Å²) < 4.78 is 38.3. The van der Waals surface area contributed by atoms with Crippen molar-refractivity contribution >= 4 is 21.6 Å². The van der Waals surface area contributed by atoms with E-state index in [-0.39, 0.29) is 0 Å². The first-order valence-electron chi connectivity index (χ1n) is 7.10. The Labute approximate surface area is 126 Å². The third-order valence-corrected chi connectivity index (χ3v) is 4.42. The molecule has 0 saturated heterocycles. The first-order chi connectivity index (χ1) is 9.47. The molecule has 1 aromatic rings. The van der Waals surface area contributed by atoms with Gasteiger partial charge in [0, 0.05) is 16.2 Å². The van der Waals surface area contributed by atoms with Gasteiger partial charge in [-0.25, -0.2) is 0 Å². The second-order valence-corrected chi connectivity index (χ2v) is 6.23. The van der Waals surface area contributed by atoms with Crippen LogP contribution >= 0.6 is 15.9 Å². The van der Waals surface area contributed by atoms with Gasteiger partial charge in [0.2, 0.25) is 0 Å². The molecule has 1 aromatic carbocycles. The van der Waals surface area contributed by atoms with Crippen LogP contribution in [0.3, 0.4) is 0 Å². The molecule has 1 aliphatic carbocycles. The van der Waals surface area contributed by atoms with E-state index in [0.29, 0.717) is 10.5 Å². The van der Waals surface area contributed by atoms with Gasteiger partial charge in [0.1, 0.15) is 0 Å². The Balaban J connectivity index is 2.05. The van der Waals surface area contributed by atoms with E-state index >= 15 is 0 Å². The maximum absolute atomic E-state index is 12.6. The zero-order chi connectivity index (χ0) is 14.6. The van der Waals surface area contributed by atoms with Gasteiger partial charge in [-0.3, -0.25) is 0 Å². The maximum atomic E-state index is 12.6. The Morgan fingerprint density at radius 2 is 1.60 bits per heavy atom. The number of halogens is 4. The van der Waals surface area contributed by atoms with Crippen molar-refractivity contribution in [1.82, 2.24) is 0 Å². The smallest absolute Gasteiger partial charge is 0.381 e. The van der Waals surface area contributed by atoms with E-state index in [9.17, 15) is 13.2 Å². The van der Waals surface area contributed by atoms with Crippen LogP contribution in [0.15, 0.2) is 22.7 Å². The maximum Gasteiger partial charge on any atom is 0.416 e. The fourth-order valence-electron chi connectivity index (χ4n) is 2.63. The average molecular weight is 350 g/mol. The summed E-state index contributed by atoms with van der Waals surface area (Å²) in [7, 11) is 0. The Morgan fingerprint density at radius 3 is 2.15 bits per heavy atom. The van der Waals surface area contributed by atoms with Crippen LogP contribution in [0.25, 0.3) is 0 Å². The molecule has 1 saturated carbocycles. The topological polar surface area (TPSA) is 12.0 Å². The van der Waals surface area contributed by atoms with Crippen molar-refractivity contribution in [2.45, 2.75) is 57.2 Å². The molecule has 1 fully saturated rings. The molecule has 5 heteroatoms. The van der Waals surface area contributed by atoms with Gasteiger partial charge < -0.3 is 5.32 Å². The number of nitrogens with one attached hydrogen (secondary N) is 1. The Kier molecular flexibility index (Phi) is 5.35. The predicted molar refractivity (Wildman–Crippen MR) is 78.9 cm³/mol. The summed E-state index contributed by atoms with van der Waals surface area (Å²) in [5.74, 6) is 0. The molecule has 112 valence electrons. The van der Waals surface area contributed by atoms with Crippen LogP contribution in [0.5, 0.6) is 0 Å². The first kappa shape index (κ1) is 15.7. The molecule has 0 heterocycles. The minimum Gasteiger partial charge on any atom is -0.381 e. The van der Waals surface area contributed by atoms with E-state index in [1.54, 1.807) is 0 Å². The lowest BCUT2D eigenvalue weighted by molar-refractivity contribution is -0.137. The van der Waals surface area contributed by atoms with Crippen LogP contribution in [0, 0.1) is 0 Å². The lowest BCUT2D eigenvalue weighted by Crippen LogP contribution is -2.21. The number of hydrogen-bond acceptors (Lipinski definition) is 1. The van der Waals surface area contributed by atoms with Crippen LogP contribution in [0.4, 0.5) is 18.9 Å². The van der Waals surface area contributed by atoms with Crippen molar-refractivity contribution in [2.75, 3.05) is 5.32 Å². The standard InChI is InChI=1S/C15H19BrF3N/c16-13-10-11(15(17,18)19)8-9-14(13)20-12-6-4-2-1-3-5-7-12/h8-10,12,20H,1-7H2. The molecule has 0 amide bonds. The molecule has 1 N–H and O–H groups in total. The van der Waals surface area contributed by atoms with Gasteiger partial charge in [-0.15, -0.1) is 0 Å². The highest BCUT2D eigenvalue weighted by molar-refractivity contribution is 9.10. The number of alkyl halides is 3. The second kappa shape index (κ2) is 6.83. The summed E-state index contributed by atoms with van der Waals surface area (Å²) in [6.45, 7) is 0. The summed E-state index contributed by atoms with van der Waals surface area (Å²) in [4.78, 5) is 0. The van der Waals surface area contributed by atoms with Gasteiger partial charge >= 0.3 is 6.18 Å². The molecule has 20 heavy (non-hydrogen) atoms. The van der Waals surface area contributed by atoms with Crippen molar-refractivity contribution in [3.63, 3.8) is 0 Å². The lowest BCUT2D eigenvalue weighted by Gasteiger charge is -2.23. The molecule has 0 unspecified atom stereocenters. The Hall–Kier alpha value is -0.710. The highest BCUT2D eigenvalue weighted by Gasteiger charge is 2.30. The van der Waals surface area contributed by atoms with Crippen LogP contribution in [0.1, 0.15) is 50.5 Å². The van der Waals surface area contributed by atoms with Crippen molar-refractivity contribution in [3.8, 4) is 0 Å². The van der Waals surface area contributed by atoms with Crippen LogP contribution < -0.4 is 5.32 Å². The second-order valence-electron chi connectivity index (χ2n) is 5.38. The SMILES string of the molecule is FC(F)(F)c1ccc(NC2CCCCCCC2)c(Br)c1. The lowest BCUT2D eigenvalue weighted by atomic mass is 9.96. The molecule has 1 nitrogen and oxygen atoms in total. The fraction of sp³-hybridized carbons (Fsp3) is 0.600.